The maximum atomic E-state index is 12.3. The van der Waals surface area contributed by atoms with E-state index in [0.29, 0.717) is 5.56 Å². The van der Waals surface area contributed by atoms with Crippen LogP contribution in [-0.4, -0.2) is 46.4 Å². The third-order valence-corrected chi connectivity index (χ3v) is 4.78. The summed E-state index contributed by atoms with van der Waals surface area (Å²) in [6, 6.07) is 0. The number of esters is 2. The lowest BCUT2D eigenvalue weighted by molar-refractivity contribution is 0.0527. The van der Waals surface area contributed by atoms with Gasteiger partial charge in [-0.3, -0.25) is 9.78 Å². The summed E-state index contributed by atoms with van der Waals surface area (Å²) >= 11 is 5.66. The molecule has 28 heavy (non-hydrogen) atoms. The Morgan fingerprint density at radius 3 is 2.64 bits per heavy atom. The molecule has 2 rings (SSSR count). The highest BCUT2D eigenvalue weighted by molar-refractivity contribution is 7.71. The van der Waals surface area contributed by atoms with Gasteiger partial charge in [-0.2, -0.15) is 0 Å². The number of aliphatic imine (C=N–C) groups is 1. The summed E-state index contributed by atoms with van der Waals surface area (Å²) in [5, 5.41) is 9.98. The van der Waals surface area contributed by atoms with Crippen LogP contribution in [0, 0.1) is 11.7 Å². The average molecular weight is 423 g/mol. The third-order valence-electron chi connectivity index (χ3n) is 3.40. The molecule has 0 aliphatic rings. The second-order valence-electron chi connectivity index (χ2n) is 5.27. The van der Waals surface area contributed by atoms with Gasteiger partial charge in [0.25, 0.3) is 5.56 Å². The summed E-state index contributed by atoms with van der Waals surface area (Å²) < 4.78 is 10.00. The molecule has 0 unspecified atom stereocenters. The van der Waals surface area contributed by atoms with Gasteiger partial charge in [-0.15, -0.1) is 11.3 Å². The van der Waals surface area contributed by atoms with E-state index in [9.17, 15) is 19.5 Å². The van der Waals surface area contributed by atoms with Gasteiger partial charge in [-0.05, 0) is 31.6 Å². The number of carbonyl (C=O) groups excluding carboxylic acids is 2. The van der Waals surface area contributed by atoms with Crippen LogP contribution in [0.1, 0.15) is 38.1 Å². The molecule has 0 aliphatic carbocycles. The molecule has 0 fully saturated rings. The first-order chi connectivity index (χ1) is 13.3. The summed E-state index contributed by atoms with van der Waals surface area (Å²) in [6.45, 7) is 6.82. The SMILES string of the molecule is C=CCOC(=O)c1sc(N=Cc2c(O)[nH]c(=S)[nH]c2=O)c(C(=O)OCC)c1C. The third kappa shape index (κ3) is 4.61. The fourth-order valence-corrected chi connectivity index (χ4v) is 3.38. The van der Waals surface area contributed by atoms with E-state index in [1.54, 1.807) is 13.8 Å². The van der Waals surface area contributed by atoms with E-state index >= 15 is 0 Å². The minimum atomic E-state index is -0.670. The number of rotatable bonds is 7. The summed E-state index contributed by atoms with van der Waals surface area (Å²) in [6.07, 6.45) is 2.48. The number of aromatic hydroxyl groups is 1. The highest BCUT2D eigenvalue weighted by atomic mass is 32.1. The molecule has 11 heteroatoms. The molecule has 9 nitrogen and oxygen atoms in total. The van der Waals surface area contributed by atoms with Crippen molar-refractivity contribution >= 4 is 46.7 Å². The van der Waals surface area contributed by atoms with Crippen molar-refractivity contribution in [1.82, 2.24) is 9.97 Å². The van der Waals surface area contributed by atoms with Crippen LogP contribution in [-0.2, 0) is 9.47 Å². The van der Waals surface area contributed by atoms with Crippen molar-refractivity contribution in [2.24, 2.45) is 4.99 Å². The van der Waals surface area contributed by atoms with E-state index in [1.807, 2.05) is 0 Å². The molecule has 0 amide bonds. The van der Waals surface area contributed by atoms with Crippen molar-refractivity contribution < 1.29 is 24.2 Å². The molecule has 2 aromatic rings. The molecule has 148 valence electrons. The van der Waals surface area contributed by atoms with Crippen molar-refractivity contribution in [2.75, 3.05) is 13.2 Å². The van der Waals surface area contributed by atoms with E-state index in [4.69, 9.17) is 21.7 Å². The molecule has 2 heterocycles. The first-order valence-electron chi connectivity index (χ1n) is 7.98. The predicted molar refractivity (Wildman–Crippen MR) is 107 cm³/mol. The van der Waals surface area contributed by atoms with Gasteiger partial charge in [0, 0.05) is 6.21 Å². The highest BCUT2D eigenvalue weighted by Crippen LogP contribution is 2.36. The number of aromatic amines is 2. The molecule has 3 N–H and O–H groups in total. The van der Waals surface area contributed by atoms with Crippen molar-refractivity contribution in [3.05, 3.63) is 49.3 Å². The Morgan fingerprint density at radius 2 is 2.04 bits per heavy atom. The Balaban J connectivity index is 2.54. The van der Waals surface area contributed by atoms with E-state index < -0.39 is 23.4 Å². The average Bonchev–Trinajstić information content (AvgIpc) is 2.95. The summed E-state index contributed by atoms with van der Waals surface area (Å²) in [7, 11) is 0. The normalized spacial score (nSPS) is 10.8. The molecular weight excluding hydrogens is 406 g/mol. The van der Waals surface area contributed by atoms with Gasteiger partial charge in [0.15, 0.2) is 4.77 Å². The molecule has 0 saturated carbocycles. The van der Waals surface area contributed by atoms with Crippen LogP contribution >= 0.6 is 23.6 Å². The summed E-state index contributed by atoms with van der Waals surface area (Å²) in [4.78, 5) is 45.5. The Bertz CT molecular complexity index is 1060. The van der Waals surface area contributed by atoms with Crippen LogP contribution in [0.3, 0.4) is 0 Å². The second-order valence-corrected chi connectivity index (χ2v) is 6.68. The Morgan fingerprint density at radius 1 is 1.32 bits per heavy atom. The lowest BCUT2D eigenvalue weighted by Gasteiger charge is -2.03. The minimum absolute atomic E-state index is 0.00994. The Labute approximate surface area is 168 Å². The molecule has 0 bridgehead atoms. The van der Waals surface area contributed by atoms with Gasteiger partial charge >= 0.3 is 11.9 Å². The maximum absolute atomic E-state index is 12.3. The quantitative estimate of drug-likeness (QED) is 0.270. The van der Waals surface area contributed by atoms with Crippen LogP contribution in [0.5, 0.6) is 5.88 Å². The Kier molecular flexibility index (Phi) is 7.01. The van der Waals surface area contributed by atoms with E-state index in [-0.39, 0.29) is 39.0 Å². The number of hydrogen-bond donors (Lipinski definition) is 3. The van der Waals surface area contributed by atoms with Crippen LogP contribution in [0.25, 0.3) is 0 Å². The summed E-state index contributed by atoms with van der Waals surface area (Å²) in [5.41, 5.74) is -0.435. The zero-order valence-electron chi connectivity index (χ0n) is 15.0. The van der Waals surface area contributed by atoms with E-state index in [2.05, 4.69) is 21.5 Å². The van der Waals surface area contributed by atoms with Gasteiger partial charge in [0.05, 0.1) is 6.61 Å². The van der Waals surface area contributed by atoms with Crippen molar-refractivity contribution in [2.45, 2.75) is 13.8 Å². The smallest absolute Gasteiger partial charge is 0.348 e. The fraction of sp³-hybridized carbons (Fsp3) is 0.235. The van der Waals surface area contributed by atoms with Crippen LogP contribution < -0.4 is 5.56 Å². The lowest BCUT2D eigenvalue weighted by atomic mass is 10.1. The molecule has 0 atom stereocenters. The minimum Gasteiger partial charge on any atom is -0.494 e. The molecule has 0 radical (unpaired) electrons. The first kappa shape index (κ1) is 21.3. The van der Waals surface area contributed by atoms with Crippen LogP contribution in [0.2, 0.25) is 0 Å². The van der Waals surface area contributed by atoms with Gasteiger partial charge in [0.1, 0.15) is 27.6 Å². The van der Waals surface area contributed by atoms with Crippen molar-refractivity contribution in [3.63, 3.8) is 0 Å². The van der Waals surface area contributed by atoms with E-state index in [0.717, 1.165) is 17.6 Å². The molecule has 2 aromatic heterocycles. The molecule has 0 aliphatic heterocycles. The van der Waals surface area contributed by atoms with Gasteiger partial charge < -0.3 is 19.6 Å². The number of carbonyl (C=O) groups is 2. The second kappa shape index (κ2) is 9.24. The number of ether oxygens (including phenoxy) is 2. The maximum Gasteiger partial charge on any atom is 0.348 e. The van der Waals surface area contributed by atoms with Crippen LogP contribution in [0.15, 0.2) is 22.4 Å². The topological polar surface area (TPSA) is 134 Å². The summed E-state index contributed by atoms with van der Waals surface area (Å²) in [5.74, 6) is -1.79. The highest BCUT2D eigenvalue weighted by Gasteiger charge is 2.26. The van der Waals surface area contributed by atoms with Crippen LogP contribution in [0.4, 0.5) is 5.00 Å². The molecule has 0 saturated heterocycles. The zero-order valence-corrected chi connectivity index (χ0v) is 16.7. The van der Waals surface area contributed by atoms with E-state index in [1.165, 1.54) is 6.08 Å². The number of hydrogen-bond acceptors (Lipinski definition) is 9. The standard InChI is InChI=1S/C17H17N3O6S2/c1-4-6-26-16(24)11-8(3)10(15(23)25-5-2)14(28-11)18-7-9-12(21)19-17(27)20-13(9)22/h4,7H,1,5-6H2,2-3H3,(H3,19,20,21,22,27). The van der Waals surface area contributed by atoms with Gasteiger partial charge in [0.2, 0.25) is 5.88 Å². The van der Waals surface area contributed by atoms with Gasteiger partial charge in [-0.1, -0.05) is 12.7 Å². The van der Waals surface area contributed by atoms with Gasteiger partial charge in [-0.25, -0.2) is 14.6 Å². The number of nitrogens with zero attached hydrogens (tertiary/aromatic N) is 1. The largest absolute Gasteiger partial charge is 0.494 e. The zero-order chi connectivity index (χ0) is 20.8. The number of H-pyrrole nitrogens is 2. The molecule has 0 aromatic carbocycles. The number of thiophene rings is 1. The molecular formula is C17H17N3O6S2. The Hall–Kier alpha value is -3.05. The predicted octanol–water partition coefficient (Wildman–Crippen LogP) is 2.78. The number of aromatic nitrogens is 2. The number of nitrogens with one attached hydrogen (secondary N) is 2. The molecule has 0 spiro atoms. The van der Waals surface area contributed by atoms with Crippen molar-refractivity contribution in [1.29, 1.82) is 0 Å². The van der Waals surface area contributed by atoms with Crippen molar-refractivity contribution in [3.8, 4) is 5.88 Å². The lowest BCUT2D eigenvalue weighted by Crippen LogP contribution is -2.13. The first-order valence-corrected chi connectivity index (χ1v) is 9.20. The monoisotopic (exact) mass is 423 g/mol. The fourth-order valence-electron chi connectivity index (χ4n) is 2.15.